The summed E-state index contributed by atoms with van der Waals surface area (Å²) in [7, 11) is 4.82. The zero-order valence-electron chi connectivity index (χ0n) is 20.1. The fourth-order valence-corrected chi connectivity index (χ4v) is 4.83. The van der Waals surface area contributed by atoms with Crippen LogP contribution in [-0.4, -0.2) is 52.7 Å². The highest BCUT2D eigenvalue weighted by Crippen LogP contribution is 2.46. The van der Waals surface area contributed by atoms with Crippen molar-refractivity contribution in [3.63, 3.8) is 0 Å². The van der Waals surface area contributed by atoms with Crippen molar-refractivity contribution in [3.8, 4) is 39.6 Å². The van der Waals surface area contributed by atoms with Crippen molar-refractivity contribution in [1.82, 2.24) is 19.7 Å². The third-order valence-corrected chi connectivity index (χ3v) is 6.43. The molecule has 0 unspecified atom stereocenters. The summed E-state index contributed by atoms with van der Waals surface area (Å²) in [4.78, 5) is 30.9. The molecule has 0 spiro atoms. The number of primary amides is 1. The first-order valence-corrected chi connectivity index (χ1v) is 11.8. The minimum absolute atomic E-state index is 0.105. The first-order valence-electron chi connectivity index (χ1n) is 11.1. The fraction of sp³-hybridized carbons (Fsp3) is 0.154. The molecule has 5 rings (SSSR count). The van der Waals surface area contributed by atoms with Crippen molar-refractivity contribution in [1.29, 1.82) is 0 Å². The number of hydrogen-bond donors (Lipinski definition) is 1. The van der Waals surface area contributed by atoms with E-state index in [9.17, 15) is 9.59 Å². The molecule has 1 aliphatic heterocycles. The van der Waals surface area contributed by atoms with Crippen LogP contribution >= 0.6 is 23.2 Å². The van der Waals surface area contributed by atoms with Gasteiger partial charge in [0, 0.05) is 64.9 Å². The monoisotopic (exact) mass is 537 g/mol. The fourth-order valence-electron chi connectivity index (χ4n) is 4.31. The molecular formula is C26H21Cl2N5O4. The van der Waals surface area contributed by atoms with E-state index in [-0.39, 0.29) is 23.8 Å². The highest BCUT2D eigenvalue weighted by molar-refractivity contribution is 6.34. The van der Waals surface area contributed by atoms with E-state index in [0.717, 1.165) is 0 Å². The van der Waals surface area contributed by atoms with Crippen LogP contribution in [0.5, 0.6) is 11.5 Å². The lowest BCUT2D eigenvalue weighted by molar-refractivity contribution is 0.0818. The number of benzene rings is 2. The first kappa shape index (κ1) is 24.6. The Hall–Kier alpha value is -4.08. The molecule has 2 N–H and O–H groups in total. The summed E-state index contributed by atoms with van der Waals surface area (Å²) < 4.78 is 13.3. The van der Waals surface area contributed by atoms with Gasteiger partial charge in [-0.15, -0.1) is 0 Å². The zero-order valence-corrected chi connectivity index (χ0v) is 21.6. The molecule has 188 valence electrons. The maximum Gasteiger partial charge on any atom is 0.274 e. The van der Waals surface area contributed by atoms with Crippen LogP contribution in [0.25, 0.3) is 28.1 Å². The van der Waals surface area contributed by atoms with Gasteiger partial charge in [0.15, 0.2) is 5.69 Å². The van der Waals surface area contributed by atoms with Gasteiger partial charge in [-0.05, 0) is 30.3 Å². The van der Waals surface area contributed by atoms with E-state index in [1.54, 1.807) is 55.3 Å². The van der Waals surface area contributed by atoms with Gasteiger partial charge in [0.05, 0.1) is 24.1 Å². The van der Waals surface area contributed by atoms with Crippen LogP contribution in [0.2, 0.25) is 10.0 Å². The second kappa shape index (κ2) is 9.42. The average molecular weight is 538 g/mol. The molecule has 3 heterocycles. The van der Waals surface area contributed by atoms with Crippen molar-refractivity contribution in [2.24, 2.45) is 5.73 Å². The van der Waals surface area contributed by atoms with E-state index in [0.29, 0.717) is 55.2 Å². The Labute approximate surface area is 222 Å². The maximum atomic E-state index is 13.1. The van der Waals surface area contributed by atoms with Gasteiger partial charge in [0.1, 0.15) is 18.1 Å². The largest absolute Gasteiger partial charge is 0.496 e. The van der Waals surface area contributed by atoms with Crippen molar-refractivity contribution in [2.45, 2.75) is 6.61 Å². The minimum atomic E-state index is -0.605. The predicted octanol–water partition coefficient (Wildman–Crippen LogP) is 4.61. The van der Waals surface area contributed by atoms with Gasteiger partial charge in [-0.3, -0.25) is 14.6 Å². The van der Waals surface area contributed by atoms with Crippen LogP contribution in [0.15, 0.2) is 48.8 Å². The van der Waals surface area contributed by atoms with Gasteiger partial charge >= 0.3 is 0 Å². The Bertz CT molecular complexity index is 1560. The molecule has 37 heavy (non-hydrogen) atoms. The topological polar surface area (TPSA) is 113 Å². The van der Waals surface area contributed by atoms with E-state index >= 15 is 0 Å². The van der Waals surface area contributed by atoms with Crippen LogP contribution < -0.4 is 15.2 Å². The predicted molar refractivity (Wildman–Crippen MR) is 140 cm³/mol. The van der Waals surface area contributed by atoms with Gasteiger partial charge in [-0.25, -0.2) is 4.68 Å². The number of methoxy groups -OCH3 is 1. The van der Waals surface area contributed by atoms with Crippen LogP contribution in [0.1, 0.15) is 26.4 Å². The summed E-state index contributed by atoms with van der Waals surface area (Å²) in [5.74, 6) is 0.0775. The quantitative estimate of drug-likeness (QED) is 0.397. The second-order valence-corrected chi connectivity index (χ2v) is 9.41. The summed E-state index contributed by atoms with van der Waals surface area (Å²) in [6, 6.07) is 10.1. The number of ether oxygens (including phenoxy) is 2. The average Bonchev–Trinajstić information content (AvgIpc) is 3.26. The molecule has 11 heteroatoms. The highest BCUT2D eigenvalue weighted by Gasteiger charge is 2.32. The molecule has 0 radical (unpaired) electrons. The van der Waals surface area contributed by atoms with Crippen molar-refractivity contribution < 1.29 is 19.1 Å². The van der Waals surface area contributed by atoms with Crippen molar-refractivity contribution >= 4 is 35.0 Å². The zero-order chi connectivity index (χ0) is 26.4. The summed E-state index contributed by atoms with van der Waals surface area (Å²) in [5, 5.41) is 5.49. The number of carbonyl (C=O) groups is 2. The van der Waals surface area contributed by atoms with Crippen LogP contribution in [0.4, 0.5) is 0 Å². The lowest BCUT2D eigenvalue weighted by Gasteiger charge is -2.23. The third kappa shape index (κ3) is 4.26. The Morgan fingerprint density at radius 2 is 1.81 bits per heavy atom. The highest BCUT2D eigenvalue weighted by atomic mass is 35.5. The summed E-state index contributed by atoms with van der Waals surface area (Å²) in [6.45, 7) is 0.105. The van der Waals surface area contributed by atoms with E-state index in [1.807, 2.05) is 6.07 Å². The molecule has 2 aromatic heterocycles. The summed E-state index contributed by atoms with van der Waals surface area (Å²) in [5.41, 5.74) is 9.62. The number of rotatable bonds is 5. The van der Waals surface area contributed by atoms with Crippen LogP contribution in [0, 0.1) is 0 Å². The second-order valence-electron chi connectivity index (χ2n) is 8.54. The van der Waals surface area contributed by atoms with Gasteiger partial charge in [-0.2, -0.15) is 5.10 Å². The van der Waals surface area contributed by atoms with Crippen molar-refractivity contribution in [2.75, 3.05) is 21.2 Å². The number of nitrogens with zero attached hydrogens (tertiary/aromatic N) is 4. The smallest absolute Gasteiger partial charge is 0.274 e. The molecule has 9 nitrogen and oxygen atoms in total. The lowest BCUT2D eigenvalue weighted by Crippen LogP contribution is -2.24. The minimum Gasteiger partial charge on any atom is -0.496 e. The SMILES string of the molecule is COc1cc2c(cc1-c1cnccc1C(N)=O)-c1c(c(C(=O)N(C)C)nn1-c1cc(Cl)cc(Cl)c1)CO2. The van der Waals surface area contributed by atoms with Crippen molar-refractivity contribution in [3.05, 3.63) is 75.7 Å². The Morgan fingerprint density at radius 3 is 2.46 bits per heavy atom. The molecule has 2 amide bonds. The third-order valence-electron chi connectivity index (χ3n) is 5.99. The van der Waals surface area contributed by atoms with Gasteiger partial charge in [-0.1, -0.05) is 23.2 Å². The number of nitrogens with two attached hydrogens (primary N) is 1. The molecular weight excluding hydrogens is 517 g/mol. The standard InChI is InChI=1S/C26H21Cl2N5O4/c1-32(2)26(35)23-20-12-37-22-10-21(36-3)17(19-11-30-5-4-16(19)25(29)34)9-18(22)24(20)33(31-23)15-7-13(27)6-14(28)8-15/h4-11H,12H2,1-3H3,(H2,29,34). The summed E-state index contributed by atoms with van der Waals surface area (Å²) >= 11 is 12.6. The molecule has 0 saturated carbocycles. The van der Waals surface area contributed by atoms with Gasteiger partial charge < -0.3 is 20.1 Å². The number of carbonyl (C=O) groups excluding carboxylic acids is 2. The molecule has 2 aromatic carbocycles. The lowest BCUT2D eigenvalue weighted by atomic mass is 9.94. The van der Waals surface area contributed by atoms with E-state index in [2.05, 4.69) is 10.1 Å². The van der Waals surface area contributed by atoms with Crippen LogP contribution in [-0.2, 0) is 6.61 Å². The maximum absolute atomic E-state index is 13.1. The van der Waals surface area contributed by atoms with E-state index < -0.39 is 5.91 Å². The molecule has 0 aliphatic carbocycles. The number of amides is 2. The molecule has 0 bridgehead atoms. The van der Waals surface area contributed by atoms with Gasteiger partial charge in [0.25, 0.3) is 5.91 Å². The molecule has 1 aliphatic rings. The van der Waals surface area contributed by atoms with E-state index in [1.165, 1.54) is 18.2 Å². The first-order chi connectivity index (χ1) is 17.7. The normalized spacial score (nSPS) is 11.8. The molecule has 4 aromatic rings. The Balaban J connectivity index is 1.83. The Morgan fingerprint density at radius 1 is 1.08 bits per heavy atom. The van der Waals surface area contributed by atoms with Gasteiger partial charge in [0.2, 0.25) is 5.91 Å². The number of hydrogen-bond acceptors (Lipinski definition) is 6. The number of aromatic nitrogens is 3. The number of halogens is 2. The number of pyridine rings is 1. The Kier molecular flexibility index (Phi) is 6.26. The summed E-state index contributed by atoms with van der Waals surface area (Å²) in [6.07, 6.45) is 3.04. The molecule has 0 atom stereocenters. The van der Waals surface area contributed by atoms with Crippen LogP contribution in [0.3, 0.4) is 0 Å². The van der Waals surface area contributed by atoms with E-state index in [4.69, 9.17) is 38.4 Å². The molecule has 0 saturated heterocycles. The number of fused-ring (bicyclic) bond motifs is 3. The molecule has 0 fully saturated rings.